The molecule has 4 heteroatoms. The van der Waals surface area contributed by atoms with Crippen LogP contribution in [0.2, 0.25) is 0 Å². The first-order valence-corrected chi connectivity index (χ1v) is 15.9. The molecule has 0 saturated heterocycles. The Morgan fingerprint density at radius 1 is 0.458 bits per heavy atom. The van der Waals surface area contributed by atoms with E-state index < -0.39 is 0 Å². The number of nitriles is 1. The van der Waals surface area contributed by atoms with Crippen molar-refractivity contribution >= 4 is 49.3 Å². The maximum Gasteiger partial charge on any atom is 0.189 e. The molecule has 48 heavy (non-hydrogen) atoms. The highest BCUT2D eigenvalue weighted by Crippen LogP contribution is 2.42. The van der Waals surface area contributed by atoms with Gasteiger partial charge in [0, 0.05) is 32.8 Å². The van der Waals surface area contributed by atoms with Gasteiger partial charge in [-0.05, 0) is 59.2 Å². The smallest absolute Gasteiger partial charge is 0.189 e. The first-order chi connectivity index (χ1) is 23.7. The van der Waals surface area contributed by atoms with Crippen molar-refractivity contribution in [3.05, 3.63) is 175 Å². The maximum absolute atomic E-state index is 10.3. The molecule has 0 aliphatic carbocycles. The Balaban J connectivity index is 1.31. The quantitative estimate of drug-likeness (QED) is 0.183. The van der Waals surface area contributed by atoms with Gasteiger partial charge in [0.25, 0.3) is 0 Å². The summed E-state index contributed by atoms with van der Waals surface area (Å²) in [6, 6.07) is 56.6. The molecule has 2 aromatic heterocycles. The van der Waals surface area contributed by atoms with Gasteiger partial charge in [-0.2, -0.15) is 5.26 Å². The third kappa shape index (κ3) is 4.07. The number of aromatic nitrogens is 2. The zero-order valence-corrected chi connectivity index (χ0v) is 25.8. The van der Waals surface area contributed by atoms with Crippen LogP contribution < -0.4 is 0 Å². The molecule has 7 aromatic carbocycles. The number of benzene rings is 7. The van der Waals surface area contributed by atoms with Crippen LogP contribution in [0.3, 0.4) is 0 Å². The Morgan fingerprint density at radius 3 is 1.46 bits per heavy atom. The second kappa shape index (κ2) is 10.9. The monoisotopic (exact) mass is 610 g/mol. The van der Waals surface area contributed by atoms with E-state index in [1.165, 1.54) is 10.8 Å². The van der Waals surface area contributed by atoms with Crippen molar-refractivity contribution in [2.75, 3.05) is 0 Å². The molecule has 0 aliphatic heterocycles. The third-order valence-electron chi connectivity index (χ3n) is 9.40. The van der Waals surface area contributed by atoms with E-state index in [0.717, 1.165) is 66.5 Å². The van der Waals surface area contributed by atoms with E-state index in [2.05, 4.69) is 141 Å². The standard InChI is InChI=1S/C44H26N4/c1-46-31-24-25-38(44(27-31)48-41-20-10-6-16-36(41)37-17-7-11-21-42(37)48)33-13-3-2-12-32(33)29-22-23-30(28-45)43(26-29)47-39-18-8-4-14-34(39)35-15-5-9-19-40(35)47/h2-27H. The first kappa shape index (κ1) is 27.4. The summed E-state index contributed by atoms with van der Waals surface area (Å²) in [6.07, 6.45) is 0. The van der Waals surface area contributed by atoms with Gasteiger partial charge >= 0.3 is 0 Å². The van der Waals surface area contributed by atoms with Crippen LogP contribution in [0, 0.1) is 17.9 Å². The van der Waals surface area contributed by atoms with E-state index in [0.29, 0.717) is 11.3 Å². The molecule has 0 spiro atoms. The lowest BCUT2D eigenvalue weighted by Crippen LogP contribution is -2.00. The fourth-order valence-electron chi connectivity index (χ4n) is 7.31. The van der Waals surface area contributed by atoms with Gasteiger partial charge in [0.1, 0.15) is 6.07 Å². The minimum absolute atomic E-state index is 0.583. The second-order valence-electron chi connectivity index (χ2n) is 11.9. The fraction of sp³-hybridized carbons (Fsp3) is 0. The topological polar surface area (TPSA) is 38.0 Å². The lowest BCUT2D eigenvalue weighted by molar-refractivity contribution is 1.17. The van der Waals surface area contributed by atoms with Gasteiger partial charge in [0.05, 0.1) is 39.9 Å². The normalized spacial score (nSPS) is 11.3. The molecule has 0 aliphatic rings. The van der Waals surface area contributed by atoms with Crippen molar-refractivity contribution in [2.24, 2.45) is 0 Å². The molecular formula is C44H26N4. The first-order valence-electron chi connectivity index (χ1n) is 15.9. The summed E-state index contributed by atoms with van der Waals surface area (Å²) < 4.78 is 4.50. The molecule has 0 saturated carbocycles. The summed E-state index contributed by atoms with van der Waals surface area (Å²) in [5.74, 6) is 0. The highest BCUT2D eigenvalue weighted by Gasteiger charge is 2.20. The minimum Gasteiger partial charge on any atom is -0.310 e. The molecule has 2 heterocycles. The number of para-hydroxylation sites is 4. The molecule has 0 radical (unpaired) electrons. The van der Waals surface area contributed by atoms with Crippen LogP contribution in [0.1, 0.15) is 5.56 Å². The Bertz CT molecular complexity index is 2710. The maximum atomic E-state index is 10.3. The predicted molar refractivity (Wildman–Crippen MR) is 197 cm³/mol. The van der Waals surface area contributed by atoms with Gasteiger partial charge in [0.15, 0.2) is 5.69 Å². The van der Waals surface area contributed by atoms with Gasteiger partial charge in [-0.15, -0.1) is 0 Å². The highest BCUT2D eigenvalue weighted by molar-refractivity contribution is 6.11. The number of hydrogen-bond acceptors (Lipinski definition) is 1. The van der Waals surface area contributed by atoms with E-state index in [4.69, 9.17) is 6.57 Å². The van der Waals surface area contributed by atoms with Crippen LogP contribution in [0.15, 0.2) is 158 Å². The van der Waals surface area contributed by atoms with Crippen molar-refractivity contribution in [1.29, 1.82) is 5.26 Å². The van der Waals surface area contributed by atoms with Crippen LogP contribution >= 0.6 is 0 Å². The molecule has 0 atom stereocenters. The molecule has 4 nitrogen and oxygen atoms in total. The number of rotatable bonds is 4. The number of fused-ring (bicyclic) bond motifs is 6. The number of hydrogen-bond donors (Lipinski definition) is 0. The van der Waals surface area contributed by atoms with E-state index in [9.17, 15) is 5.26 Å². The van der Waals surface area contributed by atoms with Crippen LogP contribution in [0.25, 0.3) is 82.1 Å². The summed E-state index contributed by atoms with van der Waals surface area (Å²) in [5.41, 5.74) is 11.4. The minimum atomic E-state index is 0.583. The fourth-order valence-corrected chi connectivity index (χ4v) is 7.31. The summed E-state index contributed by atoms with van der Waals surface area (Å²) in [4.78, 5) is 3.83. The molecule has 0 N–H and O–H groups in total. The van der Waals surface area contributed by atoms with Crippen LogP contribution in [-0.4, -0.2) is 9.13 Å². The summed E-state index contributed by atoms with van der Waals surface area (Å²) in [6.45, 7) is 7.88. The summed E-state index contributed by atoms with van der Waals surface area (Å²) in [5, 5.41) is 15.0. The van der Waals surface area contributed by atoms with Gasteiger partial charge in [0.2, 0.25) is 0 Å². The zero-order chi connectivity index (χ0) is 32.2. The van der Waals surface area contributed by atoms with Crippen LogP contribution in [0.4, 0.5) is 5.69 Å². The van der Waals surface area contributed by atoms with E-state index in [-0.39, 0.29) is 0 Å². The average Bonchev–Trinajstić information content (AvgIpc) is 3.67. The molecule has 0 unspecified atom stereocenters. The van der Waals surface area contributed by atoms with Crippen molar-refractivity contribution in [2.45, 2.75) is 0 Å². The zero-order valence-electron chi connectivity index (χ0n) is 25.8. The third-order valence-corrected chi connectivity index (χ3v) is 9.40. The SMILES string of the molecule is [C-]#[N+]c1ccc(-c2ccccc2-c2ccc(C#N)c(-n3c4ccccc4c4ccccc43)c2)c(-n2c3ccccc3c3ccccc32)c1. The second-order valence-corrected chi connectivity index (χ2v) is 11.9. The van der Waals surface area contributed by atoms with E-state index in [1.807, 2.05) is 36.4 Å². The molecule has 0 fully saturated rings. The Kier molecular flexibility index (Phi) is 6.22. The van der Waals surface area contributed by atoms with Crippen molar-refractivity contribution < 1.29 is 0 Å². The van der Waals surface area contributed by atoms with Gasteiger partial charge < -0.3 is 9.13 Å². The highest BCUT2D eigenvalue weighted by atomic mass is 15.0. The predicted octanol–water partition coefficient (Wildman–Crippen LogP) is 11.6. The van der Waals surface area contributed by atoms with Gasteiger partial charge in [-0.3, -0.25) is 0 Å². The lowest BCUT2D eigenvalue weighted by atomic mass is 9.92. The van der Waals surface area contributed by atoms with E-state index in [1.54, 1.807) is 0 Å². The Morgan fingerprint density at radius 2 is 0.938 bits per heavy atom. The Hall–Kier alpha value is -6.88. The molecule has 9 rings (SSSR count). The van der Waals surface area contributed by atoms with Gasteiger partial charge in [-0.25, -0.2) is 4.85 Å². The van der Waals surface area contributed by atoms with Crippen molar-refractivity contribution in [3.63, 3.8) is 0 Å². The van der Waals surface area contributed by atoms with Crippen molar-refractivity contribution in [1.82, 2.24) is 9.13 Å². The van der Waals surface area contributed by atoms with Gasteiger partial charge in [-0.1, -0.05) is 115 Å². The van der Waals surface area contributed by atoms with Crippen molar-refractivity contribution in [3.8, 4) is 39.7 Å². The lowest BCUT2D eigenvalue weighted by Gasteiger charge is -2.18. The van der Waals surface area contributed by atoms with Crippen LogP contribution in [-0.2, 0) is 0 Å². The molecule has 0 bridgehead atoms. The molecule has 222 valence electrons. The largest absolute Gasteiger partial charge is 0.310 e. The van der Waals surface area contributed by atoms with E-state index >= 15 is 0 Å². The summed E-state index contributed by atoms with van der Waals surface area (Å²) in [7, 11) is 0. The average molecular weight is 611 g/mol. The molecular weight excluding hydrogens is 585 g/mol. The number of nitrogens with zero attached hydrogens (tertiary/aromatic N) is 4. The Labute approximate surface area is 277 Å². The summed E-state index contributed by atoms with van der Waals surface area (Å²) >= 11 is 0. The molecule has 0 amide bonds. The molecule has 9 aromatic rings. The van der Waals surface area contributed by atoms with Crippen LogP contribution in [0.5, 0.6) is 0 Å².